The van der Waals surface area contributed by atoms with Gasteiger partial charge >= 0.3 is 0 Å². The van der Waals surface area contributed by atoms with E-state index in [1.165, 1.54) is 4.68 Å². The SMILES string of the molecule is COCc1ccc(C(=O)N2CCN(c3cnn(-c4ccccc4)c(=O)c3Cl)CC2)o1. The highest BCUT2D eigenvalue weighted by molar-refractivity contribution is 6.33. The summed E-state index contributed by atoms with van der Waals surface area (Å²) in [5.41, 5.74) is 0.846. The molecule has 0 saturated carbocycles. The molecule has 0 spiro atoms. The third kappa shape index (κ3) is 3.96. The Morgan fingerprint density at radius 2 is 1.87 bits per heavy atom. The smallest absolute Gasteiger partial charge is 0.292 e. The Morgan fingerprint density at radius 3 is 2.57 bits per heavy atom. The van der Waals surface area contributed by atoms with Gasteiger partial charge in [0.15, 0.2) is 5.76 Å². The van der Waals surface area contributed by atoms with Crippen LogP contribution < -0.4 is 10.5 Å². The van der Waals surface area contributed by atoms with Crippen molar-refractivity contribution in [2.24, 2.45) is 0 Å². The summed E-state index contributed by atoms with van der Waals surface area (Å²) in [6.45, 7) is 2.36. The fourth-order valence-electron chi connectivity index (χ4n) is 3.42. The number of carbonyl (C=O) groups excluding carboxylic acids is 1. The van der Waals surface area contributed by atoms with Crippen molar-refractivity contribution in [3.63, 3.8) is 0 Å². The minimum Gasteiger partial charge on any atom is -0.453 e. The van der Waals surface area contributed by atoms with Crippen LogP contribution in [0.15, 0.2) is 57.9 Å². The van der Waals surface area contributed by atoms with Gasteiger partial charge in [-0.15, -0.1) is 0 Å². The Hall–Kier alpha value is -3.10. The van der Waals surface area contributed by atoms with Crippen LogP contribution in [-0.4, -0.2) is 53.9 Å². The first-order chi connectivity index (χ1) is 14.6. The van der Waals surface area contributed by atoms with Crippen LogP contribution in [0, 0.1) is 0 Å². The molecule has 1 aromatic carbocycles. The number of methoxy groups -OCH3 is 1. The lowest BCUT2D eigenvalue weighted by Crippen LogP contribution is -2.49. The van der Waals surface area contributed by atoms with E-state index in [1.54, 1.807) is 42.5 Å². The van der Waals surface area contributed by atoms with Crippen LogP contribution in [-0.2, 0) is 11.3 Å². The van der Waals surface area contributed by atoms with Gasteiger partial charge in [0.2, 0.25) is 0 Å². The van der Waals surface area contributed by atoms with Crippen molar-refractivity contribution in [1.29, 1.82) is 0 Å². The largest absolute Gasteiger partial charge is 0.453 e. The summed E-state index contributed by atoms with van der Waals surface area (Å²) in [5.74, 6) is 0.734. The molecule has 1 aliphatic heterocycles. The number of piperazine rings is 1. The molecule has 1 aliphatic rings. The second-order valence-electron chi connectivity index (χ2n) is 6.87. The van der Waals surface area contributed by atoms with Gasteiger partial charge in [0, 0.05) is 33.3 Å². The number of anilines is 1. The predicted molar refractivity (Wildman–Crippen MR) is 112 cm³/mol. The predicted octanol–water partition coefficient (Wildman–Crippen LogP) is 2.59. The lowest BCUT2D eigenvalue weighted by molar-refractivity contribution is 0.0707. The third-order valence-electron chi connectivity index (χ3n) is 4.97. The molecule has 3 aromatic rings. The van der Waals surface area contributed by atoms with Crippen molar-refractivity contribution in [2.75, 3.05) is 38.2 Å². The van der Waals surface area contributed by atoms with E-state index in [1.807, 2.05) is 23.1 Å². The van der Waals surface area contributed by atoms with Gasteiger partial charge in [-0.25, -0.2) is 0 Å². The van der Waals surface area contributed by atoms with E-state index in [-0.39, 0.29) is 16.5 Å². The number of para-hydroxylation sites is 1. The molecule has 0 unspecified atom stereocenters. The lowest BCUT2D eigenvalue weighted by Gasteiger charge is -2.35. The van der Waals surface area contributed by atoms with Gasteiger partial charge < -0.3 is 19.0 Å². The number of hydrogen-bond acceptors (Lipinski definition) is 6. The number of ether oxygens (including phenoxy) is 1. The standard InChI is InChI=1S/C21H21ClN4O4/c1-29-14-16-7-8-18(30-16)20(27)25-11-9-24(10-12-25)17-13-23-26(21(28)19(17)22)15-5-3-2-4-6-15/h2-8,13H,9-12,14H2,1H3. The van der Waals surface area contributed by atoms with E-state index >= 15 is 0 Å². The van der Waals surface area contributed by atoms with Crippen LogP contribution in [0.25, 0.3) is 5.69 Å². The van der Waals surface area contributed by atoms with E-state index in [4.69, 9.17) is 20.8 Å². The number of aromatic nitrogens is 2. The molecule has 4 rings (SSSR count). The van der Waals surface area contributed by atoms with Crippen molar-refractivity contribution in [2.45, 2.75) is 6.61 Å². The van der Waals surface area contributed by atoms with Gasteiger partial charge in [-0.3, -0.25) is 9.59 Å². The van der Waals surface area contributed by atoms with Gasteiger partial charge in [-0.2, -0.15) is 9.78 Å². The molecule has 2 aromatic heterocycles. The van der Waals surface area contributed by atoms with E-state index in [0.717, 1.165) is 0 Å². The van der Waals surface area contributed by atoms with E-state index in [2.05, 4.69) is 5.10 Å². The Balaban J connectivity index is 1.45. The monoisotopic (exact) mass is 428 g/mol. The second-order valence-corrected chi connectivity index (χ2v) is 7.25. The topological polar surface area (TPSA) is 80.8 Å². The van der Waals surface area contributed by atoms with Crippen molar-refractivity contribution in [1.82, 2.24) is 14.7 Å². The molecule has 0 N–H and O–H groups in total. The molecular formula is C21H21ClN4O4. The van der Waals surface area contributed by atoms with Gasteiger partial charge in [-0.05, 0) is 24.3 Å². The quantitative estimate of drug-likeness (QED) is 0.621. The zero-order chi connectivity index (χ0) is 21.1. The number of benzene rings is 1. The Kier molecular flexibility index (Phi) is 5.87. The molecule has 0 aliphatic carbocycles. The molecule has 30 heavy (non-hydrogen) atoms. The number of carbonyl (C=O) groups is 1. The summed E-state index contributed by atoms with van der Waals surface area (Å²) >= 11 is 6.39. The highest BCUT2D eigenvalue weighted by atomic mass is 35.5. The number of halogens is 1. The minimum absolute atomic E-state index is 0.115. The van der Waals surface area contributed by atoms with E-state index < -0.39 is 0 Å². The van der Waals surface area contributed by atoms with Crippen molar-refractivity contribution in [3.05, 3.63) is 75.6 Å². The summed E-state index contributed by atoms with van der Waals surface area (Å²) in [7, 11) is 1.57. The second kappa shape index (κ2) is 8.73. The molecule has 0 bridgehead atoms. The Morgan fingerprint density at radius 1 is 1.13 bits per heavy atom. The molecule has 0 atom stereocenters. The van der Waals surface area contributed by atoms with Crippen LogP contribution in [0.1, 0.15) is 16.3 Å². The number of hydrogen-bond donors (Lipinski definition) is 0. The molecule has 1 saturated heterocycles. The number of furan rings is 1. The fourth-order valence-corrected chi connectivity index (χ4v) is 3.66. The normalized spacial score (nSPS) is 14.2. The zero-order valence-corrected chi connectivity index (χ0v) is 17.2. The number of nitrogens with zero attached hydrogens (tertiary/aromatic N) is 4. The maximum Gasteiger partial charge on any atom is 0.292 e. The average molecular weight is 429 g/mol. The first-order valence-electron chi connectivity index (χ1n) is 9.53. The lowest BCUT2D eigenvalue weighted by atomic mass is 10.2. The first kappa shape index (κ1) is 20.2. The molecule has 9 heteroatoms. The van der Waals surface area contributed by atoms with Crippen molar-refractivity contribution >= 4 is 23.2 Å². The van der Waals surface area contributed by atoms with Gasteiger partial charge in [0.1, 0.15) is 17.4 Å². The molecule has 156 valence electrons. The highest BCUT2D eigenvalue weighted by Crippen LogP contribution is 2.23. The Labute approximate surface area is 178 Å². The fraction of sp³-hybridized carbons (Fsp3) is 0.286. The average Bonchev–Trinajstić information content (AvgIpc) is 3.25. The summed E-state index contributed by atoms with van der Waals surface area (Å²) in [6.07, 6.45) is 1.60. The van der Waals surface area contributed by atoms with Gasteiger partial charge in [0.25, 0.3) is 11.5 Å². The summed E-state index contributed by atoms with van der Waals surface area (Å²) < 4.78 is 11.8. The van der Waals surface area contributed by atoms with Crippen LogP contribution >= 0.6 is 11.6 Å². The van der Waals surface area contributed by atoms with Crippen LogP contribution in [0.3, 0.4) is 0 Å². The summed E-state index contributed by atoms with van der Waals surface area (Å²) in [6, 6.07) is 12.5. The maximum atomic E-state index is 12.7. The first-order valence-corrected chi connectivity index (χ1v) is 9.91. The molecule has 8 nitrogen and oxygen atoms in total. The van der Waals surface area contributed by atoms with Gasteiger partial charge in [-0.1, -0.05) is 29.8 Å². The maximum absolute atomic E-state index is 12.7. The summed E-state index contributed by atoms with van der Waals surface area (Å²) in [4.78, 5) is 29.1. The third-order valence-corrected chi connectivity index (χ3v) is 5.32. The minimum atomic E-state index is -0.375. The molecule has 0 radical (unpaired) electrons. The molecular weight excluding hydrogens is 408 g/mol. The molecule has 1 amide bonds. The number of amides is 1. The van der Waals surface area contributed by atoms with E-state index in [0.29, 0.717) is 55.7 Å². The Bertz CT molecular complexity index is 1090. The zero-order valence-electron chi connectivity index (χ0n) is 16.5. The summed E-state index contributed by atoms with van der Waals surface area (Å²) in [5, 5.41) is 4.39. The van der Waals surface area contributed by atoms with Crippen molar-refractivity contribution in [3.8, 4) is 5.69 Å². The van der Waals surface area contributed by atoms with Crippen LogP contribution in [0.2, 0.25) is 5.02 Å². The van der Waals surface area contributed by atoms with E-state index in [9.17, 15) is 9.59 Å². The van der Waals surface area contributed by atoms with Crippen LogP contribution in [0.5, 0.6) is 0 Å². The molecule has 1 fully saturated rings. The van der Waals surface area contributed by atoms with Crippen LogP contribution in [0.4, 0.5) is 5.69 Å². The van der Waals surface area contributed by atoms with Gasteiger partial charge in [0.05, 0.1) is 17.6 Å². The number of rotatable bonds is 5. The van der Waals surface area contributed by atoms with Crippen molar-refractivity contribution < 1.29 is 13.9 Å². The highest BCUT2D eigenvalue weighted by Gasteiger charge is 2.26. The molecule has 3 heterocycles.